The standard InChI is InChI=1S/C22H17F2N3O/c1-12-3-5-13(6-4-12)14-9-15-16(11-27-22(15)26-10-14)21(28)19-17(23)7-8-18(25-2)20(19)24/h3-11,25H,1-2H3,(H,26,27). The van der Waals surface area contributed by atoms with E-state index in [2.05, 4.69) is 15.3 Å². The van der Waals surface area contributed by atoms with E-state index in [1.807, 2.05) is 31.2 Å². The number of hydrogen-bond acceptors (Lipinski definition) is 3. The molecule has 0 amide bonds. The summed E-state index contributed by atoms with van der Waals surface area (Å²) in [5, 5.41) is 3.13. The molecule has 0 radical (unpaired) electrons. The van der Waals surface area contributed by atoms with Crippen molar-refractivity contribution in [2.45, 2.75) is 6.92 Å². The maximum absolute atomic E-state index is 14.6. The zero-order chi connectivity index (χ0) is 19.8. The number of halogens is 2. The summed E-state index contributed by atoms with van der Waals surface area (Å²) >= 11 is 0. The Morgan fingerprint density at radius 3 is 2.54 bits per heavy atom. The molecule has 2 N–H and O–H groups in total. The minimum atomic E-state index is -0.913. The number of ketones is 1. The molecular weight excluding hydrogens is 360 g/mol. The highest BCUT2D eigenvalue weighted by atomic mass is 19.1. The fourth-order valence-corrected chi connectivity index (χ4v) is 3.18. The van der Waals surface area contributed by atoms with Crippen LogP contribution in [0.4, 0.5) is 14.5 Å². The molecule has 0 unspecified atom stereocenters. The third-order valence-electron chi connectivity index (χ3n) is 4.75. The predicted octanol–water partition coefficient (Wildman–Crippen LogP) is 5.09. The highest BCUT2D eigenvalue weighted by Crippen LogP contribution is 2.29. The molecule has 2 heterocycles. The van der Waals surface area contributed by atoms with E-state index in [0.29, 0.717) is 11.0 Å². The predicted molar refractivity (Wildman–Crippen MR) is 106 cm³/mol. The van der Waals surface area contributed by atoms with Gasteiger partial charge in [0.25, 0.3) is 0 Å². The van der Waals surface area contributed by atoms with Gasteiger partial charge in [0.05, 0.1) is 11.3 Å². The molecule has 4 aromatic rings. The molecular formula is C22H17F2N3O. The molecule has 0 saturated carbocycles. The topological polar surface area (TPSA) is 57.8 Å². The van der Waals surface area contributed by atoms with Gasteiger partial charge in [0.15, 0.2) is 5.82 Å². The summed E-state index contributed by atoms with van der Waals surface area (Å²) in [6.07, 6.45) is 3.13. The number of fused-ring (bicyclic) bond motifs is 1. The zero-order valence-electron chi connectivity index (χ0n) is 15.3. The number of nitrogens with one attached hydrogen (secondary N) is 2. The number of hydrogen-bond donors (Lipinski definition) is 2. The van der Waals surface area contributed by atoms with Gasteiger partial charge in [-0.05, 0) is 30.7 Å². The molecule has 0 bridgehead atoms. The van der Waals surface area contributed by atoms with Gasteiger partial charge in [-0.25, -0.2) is 13.8 Å². The summed E-state index contributed by atoms with van der Waals surface area (Å²) in [5.74, 6) is -2.55. The molecule has 0 saturated heterocycles. The molecule has 0 spiro atoms. The smallest absolute Gasteiger partial charge is 0.201 e. The average molecular weight is 377 g/mol. The highest BCUT2D eigenvalue weighted by molar-refractivity contribution is 6.16. The van der Waals surface area contributed by atoms with Gasteiger partial charge in [-0.1, -0.05) is 29.8 Å². The third-order valence-corrected chi connectivity index (χ3v) is 4.75. The van der Waals surface area contributed by atoms with Crippen LogP contribution >= 0.6 is 0 Å². The minimum Gasteiger partial charge on any atom is -0.386 e. The maximum Gasteiger partial charge on any atom is 0.201 e. The maximum atomic E-state index is 14.6. The van der Waals surface area contributed by atoms with E-state index in [9.17, 15) is 13.6 Å². The van der Waals surface area contributed by atoms with Gasteiger partial charge in [0.2, 0.25) is 5.78 Å². The van der Waals surface area contributed by atoms with E-state index in [1.165, 1.54) is 19.3 Å². The number of nitrogens with zero attached hydrogens (tertiary/aromatic N) is 1. The van der Waals surface area contributed by atoms with E-state index in [4.69, 9.17) is 0 Å². The van der Waals surface area contributed by atoms with Crippen LogP contribution < -0.4 is 5.32 Å². The van der Waals surface area contributed by atoms with Gasteiger partial charge >= 0.3 is 0 Å². The van der Waals surface area contributed by atoms with E-state index < -0.39 is 23.0 Å². The normalized spacial score (nSPS) is 11.0. The molecule has 140 valence electrons. The van der Waals surface area contributed by atoms with Crippen molar-refractivity contribution in [2.24, 2.45) is 0 Å². The lowest BCUT2D eigenvalue weighted by molar-refractivity contribution is 0.103. The van der Waals surface area contributed by atoms with Crippen LogP contribution in [-0.4, -0.2) is 22.8 Å². The lowest BCUT2D eigenvalue weighted by atomic mass is 9.99. The summed E-state index contributed by atoms with van der Waals surface area (Å²) in [6, 6.07) is 12.0. The molecule has 0 atom stereocenters. The Balaban J connectivity index is 1.85. The molecule has 28 heavy (non-hydrogen) atoms. The number of H-pyrrole nitrogens is 1. The number of aromatic nitrogens is 2. The van der Waals surface area contributed by atoms with Crippen LogP contribution in [0.2, 0.25) is 0 Å². The van der Waals surface area contributed by atoms with Crippen molar-refractivity contribution in [3.05, 3.63) is 83.2 Å². The second-order valence-corrected chi connectivity index (χ2v) is 6.55. The molecule has 0 aliphatic carbocycles. The average Bonchev–Trinajstić information content (AvgIpc) is 3.12. The van der Waals surface area contributed by atoms with Crippen molar-refractivity contribution in [1.29, 1.82) is 0 Å². The molecule has 2 aromatic carbocycles. The van der Waals surface area contributed by atoms with Crippen LogP contribution in [-0.2, 0) is 0 Å². The molecule has 2 aromatic heterocycles. The Hall–Kier alpha value is -3.54. The first-order chi connectivity index (χ1) is 13.5. The first-order valence-electron chi connectivity index (χ1n) is 8.74. The third kappa shape index (κ3) is 2.93. The van der Waals surface area contributed by atoms with E-state index in [-0.39, 0.29) is 11.3 Å². The lowest BCUT2D eigenvalue weighted by Crippen LogP contribution is -2.09. The summed E-state index contributed by atoms with van der Waals surface area (Å²) in [6.45, 7) is 2.00. The molecule has 0 aliphatic heterocycles. The quantitative estimate of drug-likeness (QED) is 0.487. The number of aryl methyl sites for hydroxylation is 1. The Kier molecular flexibility index (Phi) is 4.39. The number of anilines is 1. The summed E-state index contributed by atoms with van der Waals surface area (Å²) in [5.41, 5.74) is 3.00. The Morgan fingerprint density at radius 1 is 1.07 bits per heavy atom. The van der Waals surface area contributed by atoms with Gasteiger partial charge in [0, 0.05) is 36.0 Å². The molecule has 6 heteroatoms. The second-order valence-electron chi connectivity index (χ2n) is 6.55. The van der Waals surface area contributed by atoms with E-state index in [1.54, 1.807) is 12.3 Å². The van der Waals surface area contributed by atoms with Crippen molar-refractivity contribution < 1.29 is 13.6 Å². The highest BCUT2D eigenvalue weighted by Gasteiger charge is 2.24. The Labute approximate surface area is 160 Å². The van der Waals surface area contributed by atoms with Crippen LogP contribution in [0.25, 0.3) is 22.2 Å². The van der Waals surface area contributed by atoms with Crippen LogP contribution in [0.1, 0.15) is 21.5 Å². The first-order valence-corrected chi connectivity index (χ1v) is 8.74. The number of carbonyl (C=O) groups is 1. The SMILES string of the molecule is CNc1ccc(F)c(C(=O)c2c[nH]c3ncc(-c4ccc(C)cc4)cc23)c1F. The number of benzene rings is 2. The fraction of sp³-hybridized carbons (Fsp3) is 0.0909. The van der Waals surface area contributed by atoms with Crippen molar-refractivity contribution >= 4 is 22.5 Å². The van der Waals surface area contributed by atoms with Crippen molar-refractivity contribution in [3.63, 3.8) is 0 Å². The van der Waals surface area contributed by atoms with Gasteiger partial charge in [-0.3, -0.25) is 4.79 Å². The molecule has 4 nitrogen and oxygen atoms in total. The summed E-state index contributed by atoms with van der Waals surface area (Å²) in [7, 11) is 1.51. The minimum absolute atomic E-state index is 0.0584. The van der Waals surface area contributed by atoms with Crippen LogP contribution in [0, 0.1) is 18.6 Å². The fourth-order valence-electron chi connectivity index (χ4n) is 3.18. The molecule has 4 rings (SSSR count). The Morgan fingerprint density at radius 2 is 1.82 bits per heavy atom. The van der Waals surface area contributed by atoms with Crippen molar-refractivity contribution in [2.75, 3.05) is 12.4 Å². The van der Waals surface area contributed by atoms with Gasteiger partial charge in [-0.2, -0.15) is 0 Å². The van der Waals surface area contributed by atoms with Crippen molar-refractivity contribution in [3.8, 4) is 11.1 Å². The molecule has 0 fully saturated rings. The largest absolute Gasteiger partial charge is 0.386 e. The monoisotopic (exact) mass is 377 g/mol. The van der Waals surface area contributed by atoms with Gasteiger partial charge < -0.3 is 10.3 Å². The number of carbonyl (C=O) groups excluding carboxylic acids is 1. The number of pyridine rings is 1. The van der Waals surface area contributed by atoms with E-state index >= 15 is 0 Å². The second kappa shape index (κ2) is 6.88. The summed E-state index contributed by atoms with van der Waals surface area (Å²) in [4.78, 5) is 20.2. The number of aromatic amines is 1. The summed E-state index contributed by atoms with van der Waals surface area (Å²) < 4.78 is 28.9. The first kappa shape index (κ1) is 17.9. The van der Waals surface area contributed by atoms with Gasteiger partial charge in [0.1, 0.15) is 11.5 Å². The lowest BCUT2D eigenvalue weighted by Gasteiger charge is -2.08. The van der Waals surface area contributed by atoms with Crippen LogP contribution in [0.5, 0.6) is 0 Å². The van der Waals surface area contributed by atoms with Crippen LogP contribution in [0.15, 0.2) is 54.9 Å². The molecule has 0 aliphatic rings. The van der Waals surface area contributed by atoms with Crippen LogP contribution in [0.3, 0.4) is 0 Å². The zero-order valence-corrected chi connectivity index (χ0v) is 15.3. The van der Waals surface area contributed by atoms with Gasteiger partial charge in [-0.15, -0.1) is 0 Å². The number of rotatable bonds is 4. The van der Waals surface area contributed by atoms with E-state index in [0.717, 1.165) is 22.8 Å². The van der Waals surface area contributed by atoms with Crippen molar-refractivity contribution in [1.82, 2.24) is 9.97 Å². The Bertz CT molecular complexity index is 1200.